The predicted molar refractivity (Wildman–Crippen MR) is 97.4 cm³/mol. The fourth-order valence-corrected chi connectivity index (χ4v) is 3.14. The van der Waals surface area contributed by atoms with E-state index in [2.05, 4.69) is 5.32 Å². The molecule has 0 aromatic heterocycles. The Morgan fingerprint density at radius 2 is 1.84 bits per heavy atom. The highest BCUT2D eigenvalue weighted by molar-refractivity contribution is 5.94. The average Bonchev–Trinajstić information content (AvgIpc) is 2.87. The molecular formula is C20H29NO4. The number of ketones is 1. The zero-order valence-electron chi connectivity index (χ0n) is 15.3. The monoisotopic (exact) mass is 347 g/mol. The van der Waals surface area contributed by atoms with Crippen LogP contribution in [-0.2, 0) is 4.79 Å². The first-order valence-corrected chi connectivity index (χ1v) is 9.21. The summed E-state index contributed by atoms with van der Waals surface area (Å²) in [5, 5.41) is 3.14. The first-order valence-electron chi connectivity index (χ1n) is 9.21. The maximum absolute atomic E-state index is 12.0. The highest BCUT2D eigenvalue weighted by Gasteiger charge is 2.14. The van der Waals surface area contributed by atoms with Crippen molar-refractivity contribution >= 4 is 11.7 Å². The molecule has 0 saturated heterocycles. The number of hydrogen-bond acceptors (Lipinski definition) is 4. The lowest BCUT2D eigenvalue weighted by molar-refractivity contribution is -0.122. The van der Waals surface area contributed by atoms with Crippen molar-refractivity contribution in [1.29, 1.82) is 0 Å². The minimum absolute atomic E-state index is 0.0139. The molecule has 0 atom stereocenters. The molecule has 138 valence electrons. The smallest absolute Gasteiger partial charge is 0.220 e. The molecule has 2 rings (SSSR count). The molecule has 0 radical (unpaired) electrons. The lowest BCUT2D eigenvalue weighted by Gasteiger charge is -2.16. The van der Waals surface area contributed by atoms with Gasteiger partial charge in [0.1, 0.15) is 0 Å². The van der Waals surface area contributed by atoms with Gasteiger partial charge in [0, 0.05) is 18.0 Å². The number of carbonyl (C=O) groups excluding carboxylic acids is 2. The molecule has 1 aliphatic rings. The normalized spacial score (nSPS) is 15.3. The fourth-order valence-electron chi connectivity index (χ4n) is 3.14. The van der Waals surface area contributed by atoms with Crippen LogP contribution in [0.2, 0.25) is 0 Å². The lowest BCUT2D eigenvalue weighted by atomic mass is 10.1. The highest BCUT2D eigenvalue weighted by Crippen LogP contribution is 2.28. The van der Waals surface area contributed by atoms with E-state index in [9.17, 15) is 9.59 Å². The molecule has 1 aromatic rings. The van der Waals surface area contributed by atoms with Gasteiger partial charge in [0.15, 0.2) is 17.3 Å². The lowest BCUT2D eigenvalue weighted by Crippen LogP contribution is -2.34. The van der Waals surface area contributed by atoms with E-state index >= 15 is 0 Å². The molecule has 0 unspecified atom stereocenters. The van der Waals surface area contributed by atoms with E-state index in [-0.39, 0.29) is 11.7 Å². The van der Waals surface area contributed by atoms with Gasteiger partial charge in [-0.2, -0.15) is 0 Å². The number of nitrogens with one attached hydrogen (secondary N) is 1. The largest absolute Gasteiger partial charge is 0.493 e. The van der Waals surface area contributed by atoms with E-state index in [1.165, 1.54) is 32.6 Å². The SMILES string of the molecule is COc1cc(C(C)=O)ccc1OCCCC(=O)NC1CCCCCC1. The van der Waals surface area contributed by atoms with Crippen molar-refractivity contribution in [3.63, 3.8) is 0 Å². The van der Waals surface area contributed by atoms with Crippen LogP contribution >= 0.6 is 0 Å². The van der Waals surface area contributed by atoms with Crippen LogP contribution in [0.3, 0.4) is 0 Å². The van der Waals surface area contributed by atoms with Crippen LogP contribution in [0.5, 0.6) is 11.5 Å². The first kappa shape index (κ1) is 19.3. The number of hydrogen-bond donors (Lipinski definition) is 1. The van der Waals surface area contributed by atoms with Crippen molar-refractivity contribution in [3.05, 3.63) is 23.8 Å². The molecule has 1 saturated carbocycles. The second kappa shape index (κ2) is 10.1. The standard InChI is InChI=1S/C20H29NO4/c1-15(22)16-11-12-18(19(14-16)24-2)25-13-7-10-20(23)21-17-8-5-3-4-6-9-17/h11-12,14,17H,3-10,13H2,1-2H3,(H,21,23). The summed E-state index contributed by atoms with van der Waals surface area (Å²) in [6.07, 6.45) is 8.30. The highest BCUT2D eigenvalue weighted by atomic mass is 16.5. The van der Waals surface area contributed by atoms with Crippen LogP contribution in [0.1, 0.15) is 68.6 Å². The van der Waals surface area contributed by atoms with Crippen molar-refractivity contribution in [3.8, 4) is 11.5 Å². The second-order valence-corrected chi connectivity index (χ2v) is 6.63. The molecule has 1 fully saturated rings. The molecule has 5 nitrogen and oxygen atoms in total. The quantitative estimate of drug-likeness (QED) is 0.440. The number of methoxy groups -OCH3 is 1. The van der Waals surface area contributed by atoms with Crippen molar-refractivity contribution in [2.24, 2.45) is 0 Å². The van der Waals surface area contributed by atoms with E-state index in [4.69, 9.17) is 9.47 Å². The number of Topliss-reactive ketones (excluding diaryl/α,β-unsaturated/α-hetero) is 1. The van der Waals surface area contributed by atoms with Crippen molar-refractivity contribution in [2.75, 3.05) is 13.7 Å². The van der Waals surface area contributed by atoms with Crippen LogP contribution in [-0.4, -0.2) is 31.4 Å². The van der Waals surface area contributed by atoms with Gasteiger partial charge in [-0.05, 0) is 44.4 Å². The third kappa shape index (κ3) is 6.40. The molecule has 1 aliphatic carbocycles. The Kier molecular flexibility index (Phi) is 7.76. The summed E-state index contributed by atoms with van der Waals surface area (Å²) < 4.78 is 11.0. The van der Waals surface area contributed by atoms with Crippen LogP contribution in [0.4, 0.5) is 0 Å². The predicted octanol–water partition coefficient (Wildman–Crippen LogP) is 3.90. The van der Waals surface area contributed by atoms with E-state index in [1.54, 1.807) is 25.3 Å². The summed E-state index contributed by atoms with van der Waals surface area (Å²) in [5.41, 5.74) is 0.590. The molecule has 0 spiro atoms. The van der Waals surface area contributed by atoms with Gasteiger partial charge >= 0.3 is 0 Å². The Bertz CT molecular complexity index is 577. The Morgan fingerprint density at radius 1 is 1.12 bits per heavy atom. The summed E-state index contributed by atoms with van der Waals surface area (Å²) in [7, 11) is 1.55. The van der Waals surface area contributed by atoms with Gasteiger partial charge in [-0.15, -0.1) is 0 Å². The Labute approximate surface area is 150 Å². The Morgan fingerprint density at radius 3 is 2.48 bits per heavy atom. The van der Waals surface area contributed by atoms with Crippen molar-refractivity contribution in [1.82, 2.24) is 5.32 Å². The van der Waals surface area contributed by atoms with Gasteiger partial charge in [0.2, 0.25) is 5.91 Å². The molecule has 1 N–H and O–H groups in total. The van der Waals surface area contributed by atoms with Gasteiger partial charge in [-0.25, -0.2) is 0 Å². The summed E-state index contributed by atoms with van der Waals surface area (Å²) in [5.74, 6) is 1.22. The maximum Gasteiger partial charge on any atom is 0.220 e. The van der Waals surface area contributed by atoms with Gasteiger partial charge in [0.05, 0.1) is 13.7 Å². The molecule has 1 amide bonds. The van der Waals surface area contributed by atoms with Gasteiger partial charge in [-0.3, -0.25) is 9.59 Å². The summed E-state index contributed by atoms with van der Waals surface area (Å²) in [6, 6.07) is 5.48. The minimum atomic E-state index is -0.0139. The fraction of sp³-hybridized carbons (Fsp3) is 0.600. The minimum Gasteiger partial charge on any atom is -0.493 e. The van der Waals surface area contributed by atoms with E-state index < -0.39 is 0 Å². The van der Waals surface area contributed by atoms with Gasteiger partial charge in [0.25, 0.3) is 0 Å². The zero-order chi connectivity index (χ0) is 18.1. The number of carbonyl (C=O) groups is 2. The molecular weight excluding hydrogens is 318 g/mol. The van der Waals surface area contributed by atoms with Crippen molar-refractivity contribution in [2.45, 2.75) is 64.3 Å². The van der Waals surface area contributed by atoms with E-state index in [1.807, 2.05) is 0 Å². The average molecular weight is 347 g/mol. The van der Waals surface area contributed by atoms with Crippen LogP contribution < -0.4 is 14.8 Å². The number of rotatable bonds is 8. The van der Waals surface area contributed by atoms with E-state index in [0.29, 0.717) is 42.6 Å². The molecule has 0 bridgehead atoms. The zero-order valence-corrected chi connectivity index (χ0v) is 15.3. The molecule has 0 heterocycles. The number of ether oxygens (including phenoxy) is 2. The van der Waals surface area contributed by atoms with Crippen LogP contribution in [0, 0.1) is 0 Å². The van der Waals surface area contributed by atoms with Gasteiger partial charge in [-0.1, -0.05) is 25.7 Å². The first-order chi connectivity index (χ1) is 12.1. The summed E-state index contributed by atoms with van der Waals surface area (Å²) in [4.78, 5) is 23.5. The van der Waals surface area contributed by atoms with Gasteiger partial charge < -0.3 is 14.8 Å². The van der Waals surface area contributed by atoms with E-state index in [0.717, 1.165) is 12.8 Å². The van der Waals surface area contributed by atoms with Crippen molar-refractivity contribution < 1.29 is 19.1 Å². The topological polar surface area (TPSA) is 64.6 Å². The third-order valence-electron chi connectivity index (χ3n) is 4.60. The second-order valence-electron chi connectivity index (χ2n) is 6.63. The summed E-state index contributed by atoms with van der Waals surface area (Å²) in [6.45, 7) is 1.95. The molecule has 5 heteroatoms. The number of benzene rings is 1. The molecule has 0 aliphatic heterocycles. The maximum atomic E-state index is 12.0. The Balaban J connectivity index is 1.73. The molecule has 25 heavy (non-hydrogen) atoms. The van der Waals surface area contributed by atoms with Crippen LogP contribution in [0.25, 0.3) is 0 Å². The Hall–Kier alpha value is -2.04. The number of amides is 1. The third-order valence-corrected chi connectivity index (χ3v) is 4.60. The summed E-state index contributed by atoms with van der Waals surface area (Å²) >= 11 is 0. The molecule has 1 aromatic carbocycles. The van der Waals surface area contributed by atoms with Crippen LogP contribution in [0.15, 0.2) is 18.2 Å².